The molecule has 0 amide bonds. The fourth-order valence-corrected chi connectivity index (χ4v) is 2.59. The van der Waals surface area contributed by atoms with Crippen molar-refractivity contribution in [3.05, 3.63) is 46.5 Å². The van der Waals surface area contributed by atoms with E-state index in [1.165, 1.54) is 5.56 Å². The number of hydrogen-bond donors (Lipinski definition) is 0. The minimum atomic E-state index is 0.105. The fourth-order valence-electron chi connectivity index (χ4n) is 2.50. The normalized spacial score (nSPS) is 20.9. The summed E-state index contributed by atoms with van der Waals surface area (Å²) in [5.41, 5.74) is 4.79. The van der Waals surface area contributed by atoms with Crippen LogP contribution in [0.3, 0.4) is 0 Å². The molecule has 1 aliphatic rings. The SMILES string of the molecule is C/C(=C/Cl)CC1CCCc2ccccc2C1=O. The topological polar surface area (TPSA) is 17.1 Å². The highest BCUT2D eigenvalue weighted by Crippen LogP contribution is 2.28. The molecule has 0 N–H and O–H groups in total. The first-order chi connectivity index (χ1) is 8.22. The summed E-state index contributed by atoms with van der Waals surface area (Å²) in [6, 6.07) is 7.98. The van der Waals surface area contributed by atoms with E-state index in [4.69, 9.17) is 11.6 Å². The van der Waals surface area contributed by atoms with Gasteiger partial charge < -0.3 is 0 Å². The molecule has 0 aromatic heterocycles. The van der Waals surface area contributed by atoms with E-state index in [1.807, 2.05) is 25.1 Å². The minimum Gasteiger partial charge on any atom is -0.294 e. The Balaban J connectivity index is 2.26. The van der Waals surface area contributed by atoms with Crippen molar-refractivity contribution < 1.29 is 4.79 Å². The van der Waals surface area contributed by atoms with Crippen molar-refractivity contribution in [2.45, 2.75) is 32.6 Å². The molecular formula is C15H17ClO. The van der Waals surface area contributed by atoms with Crippen LogP contribution in [-0.2, 0) is 6.42 Å². The zero-order chi connectivity index (χ0) is 12.3. The molecule has 17 heavy (non-hydrogen) atoms. The molecule has 1 aromatic rings. The zero-order valence-electron chi connectivity index (χ0n) is 10.1. The van der Waals surface area contributed by atoms with Gasteiger partial charge in [0, 0.05) is 17.0 Å². The second kappa shape index (κ2) is 5.50. The standard InChI is InChI=1S/C15H17ClO/c1-11(10-16)9-13-7-4-6-12-5-2-3-8-14(12)15(13)17/h2-3,5,8,10,13H,4,6-7,9H2,1H3/b11-10-. The number of fused-ring (bicyclic) bond motifs is 1. The Morgan fingerprint density at radius 3 is 3.00 bits per heavy atom. The molecule has 0 saturated carbocycles. The summed E-state index contributed by atoms with van der Waals surface area (Å²) in [5, 5.41) is 0. The third-order valence-corrected chi connectivity index (χ3v) is 3.78. The lowest BCUT2D eigenvalue weighted by molar-refractivity contribution is 0.0915. The Labute approximate surface area is 107 Å². The Bertz CT molecular complexity index is 448. The molecule has 0 fully saturated rings. The van der Waals surface area contributed by atoms with Crippen LogP contribution in [0.2, 0.25) is 0 Å². The van der Waals surface area contributed by atoms with Gasteiger partial charge in [0.25, 0.3) is 0 Å². The molecule has 1 unspecified atom stereocenters. The van der Waals surface area contributed by atoms with Crippen LogP contribution in [0, 0.1) is 5.92 Å². The van der Waals surface area contributed by atoms with Crippen molar-refractivity contribution in [1.82, 2.24) is 0 Å². The highest BCUT2D eigenvalue weighted by molar-refractivity contribution is 6.25. The van der Waals surface area contributed by atoms with Gasteiger partial charge in [-0.05, 0) is 38.2 Å². The van der Waals surface area contributed by atoms with Crippen molar-refractivity contribution in [3.8, 4) is 0 Å². The molecule has 90 valence electrons. The van der Waals surface area contributed by atoms with Gasteiger partial charge in [-0.15, -0.1) is 0 Å². The Hall–Kier alpha value is -1.08. The van der Waals surface area contributed by atoms with Gasteiger partial charge in [-0.1, -0.05) is 41.4 Å². The third kappa shape index (κ3) is 2.78. The lowest BCUT2D eigenvalue weighted by Gasteiger charge is -2.13. The number of halogens is 1. The number of rotatable bonds is 2. The molecule has 0 bridgehead atoms. The average Bonchev–Trinajstić information content (AvgIpc) is 2.51. The molecule has 0 saturated heterocycles. The van der Waals surface area contributed by atoms with Gasteiger partial charge in [0.15, 0.2) is 5.78 Å². The van der Waals surface area contributed by atoms with Crippen LogP contribution < -0.4 is 0 Å². The van der Waals surface area contributed by atoms with E-state index in [2.05, 4.69) is 6.07 Å². The predicted octanol–water partition coefficient (Wildman–Crippen LogP) is 4.35. The molecule has 0 radical (unpaired) electrons. The van der Waals surface area contributed by atoms with E-state index in [9.17, 15) is 4.79 Å². The first-order valence-electron chi connectivity index (χ1n) is 6.10. The first-order valence-corrected chi connectivity index (χ1v) is 6.54. The molecule has 0 aliphatic heterocycles. The van der Waals surface area contributed by atoms with E-state index in [-0.39, 0.29) is 11.7 Å². The maximum atomic E-state index is 12.4. The fraction of sp³-hybridized carbons (Fsp3) is 0.400. The maximum absolute atomic E-state index is 12.4. The smallest absolute Gasteiger partial charge is 0.166 e. The maximum Gasteiger partial charge on any atom is 0.166 e. The largest absolute Gasteiger partial charge is 0.294 e. The molecule has 1 atom stereocenters. The van der Waals surface area contributed by atoms with Crippen LogP contribution in [-0.4, -0.2) is 5.78 Å². The number of carbonyl (C=O) groups excluding carboxylic acids is 1. The molecule has 1 aliphatic carbocycles. The second-order valence-corrected chi connectivity index (χ2v) is 4.99. The molecule has 1 aromatic carbocycles. The number of benzene rings is 1. The number of aryl methyl sites for hydroxylation is 1. The van der Waals surface area contributed by atoms with Crippen LogP contribution in [0.5, 0.6) is 0 Å². The van der Waals surface area contributed by atoms with Crippen LogP contribution in [0.1, 0.15) is 42.1 Å². The van der Waals surface area contributed by atoms with Gasteiger partial charge in [0.05, 0.1) is 0 Å². The molecule has 0 heterocycles. The summed E-state index contributed by atoms with van der Waals surface area (Å²) in [6.45, 7) is 1.98. The van der Waals surface area contributed by atoms with E-state index in [0.717, 1.165) is 36.8 Å². The summed E-state index contributed by atoms with van der Waals surface area (Å²) in [4.78, 5) is 12.4. The van der Waals surface area contributed by atoms with Crippen molar-refractivity contribution in [3.63, 3.8) is 0 Å². The van der Waals surface area contributed by atoms with Gasteiger partial charge in [0.2, 0.25) is 0 Å². The molecule has 2 heteroatoms. The Kier molecular flexibility index (Phi) is 4.01. The van der Waals surface area contributed by atoms with E-state index >= 15 is 0 Å². The number of ketones is 1. The van der Waals surface area contributed by atoms with Gasteiger partial charge in [-0.25, -0.2) is 0 Å². The first kappa shape index (κ1) is 12.4. The second-order valence-electron chi connectivity index (χ2n) is 4.77. The van der Waals surface area contributed by atoms with Crippen LogP contribution >= 0.6 is 11.6 Å². The number of Topliss-reactive ketones (excluding diaryl/α,β-unsaturated/α-hetero) is 1. The highest BCUT2D eigenvalue weighted by Gasteiger charge is 2.24. The van der Waals surface area contributed by atoms with Gasteiger partial charge in [-0.2, -0.15) is 0 Å². The van der Waals surface area contributed by atoms with Crippen LogP contribution in [0.25, 0.3) is 0 Å². The van der Waals surface area contributed by atoms with E-state index in [0.29, 0.717) is 0 Å². The van der Waals surface area contributed by atoms with Crippen LogP contribution in [0.4, 0.5) is 0 Å². The van der Waals surface area contributed by atoms with Gasteiger partial charge in [0.1, 0.15) is 0 Å². The zero-order valence-corrected chi connectivity index (χ0v) is 10.8. The summed E-state index contributed by atoms with van der Waals surface area (Å²) in [6.07, 6.45) is 3.86. The lowest BCUT2D eigenvalue weighted by Crippen LogP contribution is -2.14. The predicted molar refractivity (Wildman–Crippen MR) is 71.4 cm³/mol. The summed E-state index contributed by atoms with van der Waals surface area (Å²) in [7, 11) is 0. The monoisotopic (exact) mass is 248 g/mol. The third-order valence-electron chi connectivity index (χ3n) is 3.41. The summed E-state index contributed by atoms with van der Waals surface area (Å²) >= 11 is 5.69. The van der Waals surface area contributed by atoms with E-state index in [1.54, 1.807) is 5.54 Å². The number of hydrogen-bond acceptors (Lipinski definition) is 1. The lowest BCUT2D eigenvalue weighted by atomic mass is 9.90. The van der Waals surface area contributed by atoms with Crippen LogP contribution in [0.15, 0.2) is 35.4 Å². The molecule has 0 spiro atoms. The minimum absolute atomic E-state index is 0.105. The van der Waals surface area contributed by atoms with Crippen molar-refractivity contribution in [2.24, 2.45) is 5.92 Å². The van der Waals surface area contributed by atoms with Crippen molar-refractivity contribution in [1.29, 1.82) is 0 Å². The summed E-state index contributed by atoms with van der Waals surface area (Å²) in [5.74, 6) is 0.393. The average molecular weight is 249 g/mol. The number of allylic oxidation sites excluding steroid dienone is 1. The van der Waals surface area contributed by atoms with Crippen molar-refractivity contribution >= 4 is 17.4 Å². The quantitative estimate of drug-likeness (QED) is 0.711. The molecule has 2 rings (SSSR count). The van der Waals surface area contributed by atoms with E-state index < -0.39 is 0 Å². The highest BCUT2D eigenvalue weighted by atomic mass is 35.5. The van der Waals surface area contributed by atoms with Gasteiger partial charge >= 0.3 is 0 Å². The Morgan fingerprint density at radius 1 is 1.47 bits per heavy atom. The molecular weight excluding hydrogens is 232 g/mol. The number of carbonyl (C=O) groups is 1. The van der Waals surface area contributed by atoms with Crippen molar-refractivity contribution in [2.75, 3.05) is 0 Å². The Morgan fingerprint density at radius 2 is 2.24 bits per heavy atom. The molecule has 1 nitrogen and oxygen atoms in total. The summed E-state index contributed by atoms with van der Waals surface area (Å²) < 4.78 is 0. The van der Waals surface area contributed by atoms with Gasteiger partial charge in [-0.3, -0.25) is 4.79 Å².